The van der Waals surface area contributed by atoms with Gasteiger partial charge < -0.3 is 10.4 Å². The Morgan fingerprint density at radius 3 is 2.71 bits per heavy atom. The molecule has 3 nitrogen and oxygen atoms in total. The summed E-state index contributed by atoms with van der Waals surface area (Å²) in [7, 11) is 0. The largest absolute Gasteiger partial charge is 0.481 e. The van der Waals surface area contributed by atoms with Crippen molar-refractivity contribution in [1.29, 1.82) is 0 Å². The molecule has 1 aromatic carbocycles. The molecular formula is C13H16ClNO2. The van der Waals surface area contributed by atoms with Crippen LogP contribution in [0.1, 0.15) is 29.2 Å². The van der Waals surface area contributed by atoms with Crippen LogP contribution in [0.15, 0.2) is 12.1 Å². The number of carboxylic acids is 1. The van der Waals surface area contributed by atoms with Crippen molar-refractivity contribution in [3.05, 3.63) is 33.8 Å². The lowest BCUT2D eigenvalue weighted by atomic mass is 9.97. The van der Waals surface area contributed by atoms with Gasteiger partial charge in [0.05, 0.1) is 5.92 Å². The topological polar surface area (TPSA) is 49.3 Å². The van der Waals surface area contributed by atoms with Crippen LogP contribution >= 0.6 is 11.6 Å². The lowest BCUT2D eigenvalue weighted by Gasteiger charge is -2.14. The number of hydrogen-bond donors (Lipinski definition) is 2. The van der Waals surface area contributed by atoms with Gasteiger partial charge in [-0.2, -0.15) is 0 Å². The number of rotatable bonds is 2. The second-order valence-electron chi connectivity index (χ2n) is 4.68. The molecule has 1 saturated heterocycles. The Kier molecular flexibility index (Phi) is 3.40. The summed E-state index contributed by atoms with van der Waals surface area (Å²) in [6.45, 7) is 4.54. The molecule has 1 fully saturated rings. The first-order chi connectivity index (χ1) is 7.99. The van der Waals surface area contributed by atoms with E-state index in [0.717, 1.165) is 21.7 Å². The summed E-state index contributed by atoms with van der Waals surface area (Å²) in [5.41, 5.74) is 3.32. The van der Waals surface area contributed by atoms with Crippen molar-refractivity contribution < 1.29 is 9.90 Å². The van der Waals surface area contributed by atoms with E-state index < -0.39 is 5.97 Å². The molecule has 0 aliphatic carbocycles. The van der Waals surface area contributed by atoms with Crippen molar-refractivity contribution in [3.8, 4) is 0 Å². The first-order valence-electron chi connectivity index (χ1n) is 5.72. The van der Waals surface area contributed by atoms with Gasteiger partial charge >= 0.3 is 5.97 Å². The number of benzene rings is 1. The highest BCUT2D eigenvalue weighted by Crippen LogP contribution is 2.31. The molecule has 4 heteroatoms. The summed E-state index contributed by atoms with van der Waals surface area (Å²) >= 11 is 6.15. The minimum Gasteiger partial charge on any atom is -0.481 e. The minimum atomic E-state index is -0.727. The quantitative estimate of drug-likeness (QED) is 0.852. The molecule has 0 bridgehead atoms. The normalized spacial score (nSPS) is 23.9. The van der Waals surface area contributed by atoms with Gasteiger partial charge in [0.1, 0.15) is 0 Å². The van der Waals surface area contributed by atoms with Gasteiger partial charge in [-0.15, -0.1) is 0 Å². The Bertz CT molecular complexity index is 436. The molecule has 2 rings (SSSR count). The van der Waals surface area contributed by atoms with Crippen LogP contribution in [-0.2, 0) is 4.79 Å². The third-order valence-electron chi connectivity index (χ3n) is 3.51. The van der Waals surface area contributed by atoms with Gasteiger partial charge in [-0.3, -0.25) is 4.79 Å². The van der Waals surface area contributed by atoms with Crippen LogP contribution in [0.3, 0.4) is 0 Å². The SMILES string of the molecule is Cc1cc(C2CC(C(=O)O)CN2)cc(Cl)c1C. The van der Waals surface area contributed by atoms with E-state index in [-0.39, 0.29) is 12.0 Å². The standard InChI is InChI=1S/C13H16ClNO2/c1-7-3-9(4-11(14)8(7)2)12-5-10(6-15-12)13(16)17/h3-4,10,12,15H,5-6H2,1-2H3,(H,16,17). The maximum absolute atomic E-state index is 10.9. The maximum atomic E-state index is 10.9. The molecule has 1 aliphatic heterocycles. The number of hydrogen-bond acceptors (Lipinski definition) is 2. The van der Waals surface area contributed by atoms with Crippen LogP contribution in [-0.4, -0.2) is 17.6 Å². The van der Waals surface area contributed by atoms with Crippen LogP contribution < -0.4 is 5.32 Å². The van der Waals surface area contributed by atoms with Crippen molar-refractivity contribution in [2.24, 2.45) is 5.92 Å². The molecule has 1 heterocycles. The Balaban J connectivity index is 2.22. The Labute approximate surface area is 106 Å². The number of carbonyl (C=O) groups is 1. The van der Waals surface area contributed by atoms with E-state index in [0.29, 0.717) is 13.0 Å². The molecule has 1 aliphatic rings. The lowest BCUT2D eigenvalue weighted by molar-refractivity contribution is -0.141. The first kappa shape index (κ1) is 12.4. The summed E-state index contributed by atoms with van der Waals surface area (Å²) in [6.07, 6.45) is 0.633. The average molecular weight is 254 g/mol. The van der Waals surface area contributed by atoms with E-state index in [1.165, 1.54) is 0 Å². The molecule has 0 spiro atoms. The predicted molar refractivity (Wildman–Crippen MR) is 67.4 cm³/mol. The number of halogens is 1. The fourth-order valence-electron chi connectivity index (χ4n) is 2.22. The summed E-state index contributed by atoms with van der Waals surface area (Å²) in [4.78, 5) is 10.9. The molecule has 1 aromatic rings. The summed E-state index contributed by atoms with van der Waals surface area (Å²) in [6, 6.07) is 4.13. The Morgan fingerprint density at radius 1 is 1.47 bits per heavy atom. The molecule has 0 radical (unpaired) electrons. The molecule has 0 amide bonds. The highest BCUT2D eigenvalue weighted by molar-refractivity contribution is 6.31. The molecular weight excluding hydrogens is 238 g/mol. The van der Waals surface area contributed by atoms with Crippen molar-refractivity contribution in [2.45, 2.75) is 26.3 Å². The molecule has 0 aromatic heterocycles. The second kappa shape index (κ2) is 4.67. The minimum absolute atomic E-state index is 0.105. The Hall–Kier alpha value is -1.06. The van der Waals surface area contributed by atoms with E-state index in [1.807, 2.05) is 19.9 Å². The van der Waals surface area contributed by atoms with E-state index in [1.54, 1.807) is 0 Å². The average Bonchev–Trinajstić information content (AvgIpc) is 2.74. The van der Waals surface area contributed by atoms with E-state index in [4.69, 9.17) is 16.7 Å². The first-order valence-corrected chi connectivity index (χ1v) is 6.09. The van der Waals surface area contributed by atoms with Gasteiger partial charge in [0.15, 0.2) is 0 Å². The van der Waals surface area contributed by atoms with Gasteiger partial charge in [0, 0.05) is 17.6 Å². The number of aryl methyl sites for hydroxylation is 1. The highest BCUT2D eigenvalue weighted by Gasteiger charge is 2.30. The van der Waals surface area contributed by atoms with Crippen LogP contribution in [0, 0.1) is 19.8 Å². The molecule has 2 unspecified atom stereocenters. The molecule has 2 N–H and O–H groups in total. The van der Waals surface area contributed by atoms with Gasteiger partial charge in [0.2, 0.25) is 0 Å². The summed E-state index contributed by atoms with van der Waals surface area (Å²) in [5.74, 6) is -1.02. The van der Waals surface area contributed by atoms with Crippen molar-refractivity contribution >= 4 is 17.6 Å². The third-order valence-corrected chi connectivity index (χ3v) is 3.90. The predicted octanol–water partition coefficient (Wildman–Crippen LogP) is 2.69. The smallest absolute Gasteiger partial charge is 0.307 e. The van der Waals surface area contributed by atoms with Gasteiger partial charge in [-0.25, -0.2) is 0 Å². The maximum Gasteiger partial charge on any atom is 0.307 e. The lowest BCUT2D eigenvalue weighted by Crippen LogP contribution is -2.17. The number of nitrogens with one attached hydrogen (secondary N) is 1. The van der Waals surface area contributed by atoms with E-state index in [2.05, 4.69) is 11.4 Å². The van der Waals surface area contributed by atoms with Crippen LogP contribution in [0.25, 0.3) is 0 Å². The van der Waals surface area contributed by atoms with Crippen molar-refractivity contribution in [1.82, 2.24) is 5.32 Å². The van der Waals surface area contributed by atoms with Crippen LogP contribution in [0.5, 0.6) is 0 Å². The van der Waals surface area contributed by atoms with E-state index >= 15 is 0 Å². The monoisotopic (exact) mass is 253 g/mol. The number of carboxylic acid groups (broad SMARTS) is 1. The van der Waals surface area contributed by atoms with Crippen LogP contribution in [0.4, 0.5) is 0 Å². The molecule has 92 valence electrons. The van der Waals surface area contributed by atoms with Crippen molar-refractivity contribution in [2.75, 3.05) is 6.54 Å². The molecule has 0 saturated carbocycles. The van der Waals surface area contributed by atoms with Gasteiger partial charge in [-0.1, -0.05) is 17.7 Å². The van der Waals surface area contributed by atoms with Gasteiger partial charge in [-0.05, 0) is 43.0 Å². The van der Waals surface area contributed by atoms with Crippen LogP contribution in [0.2, 0.25) is 5.02 Å². The zero-order valence-corrected chi connectivity index (χ0v) is 10.7. The zero-order valence-electron chi connectivity index (χ0n) is 9.96. The molecule has 2 atom stereocenters. The third kappa shape index (κ3) is 2.45. The fraction of sp³-hybridized carbons (Fsp3) is 0.462. The Morgan fingerprint density at radius 2 is 2.18 bits per heavy atom. The molecule has 17 heavy (non-hydrogen) atoms. The second-order valence-corrected chi connectivity index (χ2v) is 5.08. The van der Waals surface area contributed by atoms with Gasteiger partial charge in [0.25, 0.3) is 0 Å². The highest BCUT2D eigenvalue weighted by atomic mass is 35.5. The fourth-order valence-corrected chi connectivity index (χ4v) is 2.50. The number of aliphatic carboxylic acids is 1. The zero-order chi connectivity index (χ0) is 12.6. The summed E-state index contributed by atoms with van der Waals surface area (Å²) < 4.78 is 0. The van der Waals surface area contributed by atoms with E-state index in [9.17, 15) is 4.79 Å². The summed E-state index contributed by atoms with van der Waals surface area (Å²) in [5, 5.41) is 13.0. The van der Waals surface area contributed by atoms with Crippen molar-refractivity contribution in [3.63, 3.8) is 0 Å².